The van der Waals surface area contributed by atoms with Gasteiger partial charge >= 0.3 is 0 Å². The maximum atomic E-state index is 7.51. The Hall–Kier alpha value is -7.24. The lowest BCUT2D eigenvalue weighted by molar-refractivity contribution is 0.0269. The van der Waals surface area contributed by atoms with Gasteiger partial charge in [-0.1, -0.05) is 147 Å². The van der Waals surface area contributed by atoms with E-state index in [9.17, 15) is 0 Å². The maximum absolute atomic E-state index is 7.51. The fraction of sp³-hybridized carbons (Fsp3) is 0.273. The van der Waals surface area contributed by atoms with Crippen LogP contribution in [0.15, 0.2) is 157 Å². The van der Waals surface area contributed by atoms with E-state index in [4.69, 9.17) is 14.7 Å². The van der Waals surface area contributed by atoms with E-state index in [0.29, 0.717) is 5.90 Å². The second-order valence-electron chi connectivity index (χ2n) is 24.0. The highest BCUT2D eigenvalue weighted by Crippen LogP contribution is 2.59. The van der Waals surface area contributed by atoms with Gasteiger partial charge in [0.1, 0.15) is 11.2 Å². The Morgan fingerprint density at radius 1 is 0.479 bits per heavy atom. The number of nitrogens with zero attached hydrogens (tertiary/aromatic N) is 4. The number of aliphatic imine (C=N–C) groups is 1. The highest BCUT2D eigenvalue weighted by Gasteiger charge is 2.59. The summed E-state index contributed by atoms with van der Waals surface area (Å²) in [5.41, 5.74) is 19.3. The molecular formula is C66H64N4O. The summed E-state index contributed by atoms with van der Waals surface area (Å²) in [6, 6.07) is 54.5. The molecular weight excluding hydrogens is 865 g/mol. The predicted molar refractivity (Wildman–Crippen MR) is 298 cm³/mol. The van der Waals surface area contributed by atoms with Crippen molar-refractivity contribution < 1.29 is 4.74 Å². The molecule has 0 saturated carbocycles. The van der Waals surface area contributed by atoms with E-state index in [1.807, 2.05) is 6.20 Å². The molecule has 7 aromatic carbocycles. The number of benzene rings is 7. The Bertz CT molecular complexity index is 3900. The number of rotatable bonds is 4. The number of aromatic nitrogens is 3. The van der Waals surface area contributed by atoms with Crippen LogP contribution >= 0.6 is 0 Å². The highest BCUT2D eigenvalue weighted by molar-refractivity contribution is 6.13. The Labute approximate surface area is 418 Å². The van der Waals surface area contributed by atoms with E-state index in [1.165, 1.54) is 77.4 Å². The van der Waals surface area contributed by atoms with Gasteiger partial charge in [-0.05, 0) is 161 Å². The number of fused-ring (bicyclic) bond motifs is 12. The molecule has 0 bridgehead atoms. The normalized spacial score (nSPS) is 18.0. The standard InChI is InChI=1S/C66H64N4O/c1-39-21-27-56-51(30-39)52-31-40(2)58(70-57-28-22-42(41-18-15-14-16-19-41)34-53(57)48-20-17-29-67-60(48)70)38-59(52)69(56)47-33-43(32-46(35-47)64(9,10)11)61-68-65(12)54-25-23-44(62(3,4)5)36-49(54)50-37-45(63(6,7)8)24-26-55(50)66(65,13)71-61/h14-38H,1-13H3/t65-,66+/m1/s1. The zero-order valence-electron chi connectivity index (χ0n) is 43.6. The minimum Gasteiger partial charge on any atom is -0.463 e. The zero-order chi connectivity index (χ0) is 49.7. The highest BCUT2D eigenvalue weighted by atomic mass is 16.5. The van der Waals surface area contributed by atoms with Crippen molar-refractivity contribution in [3.8, 4) is 33.6 Å². The first-order valence-corrected chi connectivity index (χ1v) is 25.4. The number of aryl methyl sites for hydroxylation is 2. The fourth-order valence-electron chi connectivity index (χ4n) is 11.7. The molecule has 0 radical (unpaired) electrons. The Balaban J connectivity index is 1.08. The van der Waals surface area contributed by atoms with Crippen molar-refractivity contribution in [2.75, 3.05) is 0 Å². The molecule has 0 fully saturated rings. The van der Waals surface area contributed by atoms with Gasteiger partial charge in [-0.2, -0.15) is 0 Å². The van der Waals surface area contributed by atoms with Gasteiger partial charge in [0.25, 0.3) is 0 Å². The average Bonchev–Trinajstić information content (AvgIpc) is 3.94. The van der Waals surface area contributed by atoms with Crippen LogP contribution in [0.2, 0.25) is 0 Å². The summed E-state index contributed by atoms with van der Waals surface area (Å²) in [6.07, 6.45) is 1.91. The minimum absolute atomic E-state index is 0.0131. The molecule has 12 rings (SSSR count). The lowest BCUT2D eigenvalue weighted by Gasteiger charge is -2.45. The molecule has 5 heteroatoms. The second kappa shape index (κ2) is 15.1. The first-order valence-electron chi connectivity index (χ1n) is 25.4. The summed E-state index contributed by atoms with van der Waals surface area (Å²) in [7, 11) is 0. The summed E-state index contributed by atoms with van der Waals surface area (Å²) in [5, 5.41) is 4.75. The van der Waals surface area contributed by atoms with Gasteiger partial charge in [0.15, 0.2) is 5.60 Å². The molecule has 2 aliphatic rings. The van der Waals surface area contributed by atoms with Crippen molar-refractivity contribution in [2.24, 2.45) is 4.99 Å². The van der Waals surface area contributed by atoms with Crippen molar-refractivity contribution in [2.45, 2.75) is 117 Å². The summed E-state index contributed by atoms with van der Waals surface area (Å²) in [4.78, 5) is 10.9. The average molecular weight is 929 g/mol. The Kier molecular flexibility index (Phi) is 9.58. The van der Waals surface area contributed by atoms with Gasteiger partial charge in [0.05, 0.1) is 22.2 Å². The van der Waals surface area contributed by atoms with Crippen LogP contribution in [-0.2, 0) is 32.1 Å². The molecule has 0 spiro atoms. The zero-order valence-corrected chi connectivity index (χ0v) is 43.6. The van der Waals surface area contributed by atoms with Gasteiger partial charge in [-0.25, -0.2) is 9.98 Å². The lowest BCUT2D eigenvalue weighted by Crippen LogP contribution is -2.45. The lowest BCUT2D eigenvalue weighted by atomic mass is 9.64. The van der Waals surface area contributed by atoms with Crippen molar-refractivity contribution in [3.05, 3.63) is 196 Å². The van der Waals surface area contributed by atoms with Gasteiger partial charge in [0, 0.05) is 44.6 Å². The molecule has 0 amide bonds. The van der Waals surface area contributed by atoms with Crippen molar-refractivity contribution in [1.82, 2.24) is 14.1 Å². The smallest absolute Gasteiger partial charge is 0.218 e. The number of ether oxygens (including phenoxy) is 1. The van der Waals surface area contributed by atoms with Gasteiger partial charge in [-0.15, -0.1) is 0 Å². The first-order chi connectivity index (χ1) is 33.6. The first kappa shape index (κ1) is 44.9. The quantitative estimate of drug-likeness (QED) is 0.176. The molecule has 5 nitrogen and oxygen atoms in total. The van der Waals surface area contributed by atoms with E-state index >= 15 is 0 Å². The molecule has 71 heavy (non-hydrogen) atoms. The van der Waals surface area contributed by atoms with E-state index in [0.717, 1.165) is 44.5 Å². The molecule has 1 aliphatic heterocycles. The van der Waals surface area contributed by atoms with Crippen LogP contribution in [0.3, 0.4) is 0 Å². The van der Waals surface area contributed by atoms with Gasteiger partial charge < -0.3 is 9.30 Å². The topological polar surface area (TPSA) is 44.3 Å². The van der Waals surface area contributed by atoms with Crippen molar-refractivity contribution in [3.63, 3.8) is 0 Å². The molecule has 1 aliphatic carbocycles. The number of hydrogen-bond acceptors (Lipinski definition) is 3. The molecule has 354 valence electrons. The number of hydrogen-bond donors (Lipinski definition) is 0. The fourth-order valence-corrected chi connectivity index (χ4v) is 11.7. The van der Waals surface area contributed by atoms with E-state index in [1.54, 1.807) is 0 Å². The minimum atomic E-state index is -0.767. The molecule has 0 N–H and O–H groups in total. The number of pyridine rings is 1. The Morgan fingerprint density at radius 3 is 1.82 bits per heavy atom. The van der Waals surface area contributed by atoms with Gasteiger partial charge in [0.2, 0.25) is 5.90 Å². The Morgan fingerprint density at radius 2 is 1.11 bits per heavy atom. The largest absolute Gasteiger partial charge is 0.463 e. The summed E-state index contributed by atoms with van der Waals surface area (Å²) in [5.74, 6) is 0.667. The van der Waals surface area contributed by atoms with Crippen LogP contribution in [0.4, 0.5) is 0 Å². The van der Waals surface area contributed by atoms with Gasteiger partial charge in [-0.3, -0.25) is 4.57 Å². The van der Waals surface area contributed by atoms with Crippen molar-refractivity contribution in [1.29, 1.82) is 0 Å². The summed E-state index contributed by atoms with van der Waals surface area (Å²) >= 11 is 0. The third-order valence-corrected chi connectivity index (χ3v) is 16.1. The predicted octanol–water partition coefficient (Wildman–Crippen LogP) is 17.0. The molecule has 2 atom stereocenters. The monoisotopic (exact) mass is 929 g/mol. The van der Waals surface area contributed by atoms with E-state index < -0.39 is 11.1 Å². The molecule has 3 aromatic heterocycles. The third kappa shape index (κ3) is 6.79. The maximum Gasteiger partial charge on any atom is 0.218 e. The van der Waals surface area contributed by atoms with Crippen LogP contribution in [0.25, 0.3) is 77.4 Å². The van der Waals surface area contributed by atoms with Crippen molar-refractivity contribution >= 4 is 49.6 Å². The van der Waals surface area contributed by atoms with Crippen LogP contribution in [0, 0.1) is 13.8 Å². The van der Waals surface area contributed by atoms with Crippen LogP contribution in [0.5, 0.6) is 0 Å². The molecule has 10 aromatic rings. The van der Waals surface area contributed by atoms with E-state index in [2.05, 4.69) is 245 Å². The molecule has 0 unspecified atom stereocenters. The summed E-state index contributed by atoms with van der Waals surface area (Å²) in [6.45, 7) is 29.7. The van der Waals surface area contributed by atoms with E-state index in [-0.39, 0.29) is 16.2 Å². The second-order valence-corrected chi connectivity index (χ2v) is 24.0. The third-order valence-electron chi connectivity index (χ3n) is 16.1. The van der Waals surface area contributed by atoms with Crippen LogP contribution in [0.1, 0.15) is 121 Å². The van der Waals surface area contributed by atoms with Crippen LogP contribution in [-0.4, -0.2) is 20.0 Å². The molecule has 4 heterocycles. The van der Waals surface area contributed by atoms with Crippen LogP contribution < -0.4 is 0 Å². The molecule has 0 saturated heterocycles. The summed E-state index contributed by atoms with van der Waals surface area (Å²) < 4.78 is 12.4. The SMILES string of the molecule is Cc1ccc2c(c1)c1cc(C)c(-n3c4ccc(-c5ccccc5)cc4c4cccnc43)cc1n2-c1cc(C2=N[C@]3(C)c4ccc(C(C)(C)C)cc4-c4cc(C(C)(C)C)ccc4[C@]3(C)O2)cc(C(C)(C)C)c1.